The Bertz CT molecular complexity index is 1580. The molecule has 2 aromatic carbocycles. The van der Waals surface area contributed by atoms with E-state index in [2.05, 4.69) is 15.3 Å². The second kappa shape index (κ2) is 7.94. The van der Waals surface area contributed by atoms with E-state index >= 15 is 0 Å². The third-order valence-corrected chi connectivity index (χ3v) is 5.68. The van der Waals surface area contributed by atoms with E-state index in [0.717, 1.165) is 22.2 Å². The first kappa shape index (κ1) is 20.5. The van der Waals surface area contributed by atoms with Crippen LogP contribution in [-0.4, -0.2) is 21.0 Å². The molecule has 0 aliphatic heterocycles. The number of H-pyrrole nitrogens is 1. The summed E-state index contributed by atoms with van der Waals surface area (Å²) in [5, 5.41) is 13.3. The molecule has 0 aliphatic carbocycles. The molecular formula is C26H21N3O4. The maximum absolute atomic E-state index is 13.0. The molecule has 164 valence electrons. The number of carbonyl (C=O) groups is 1. The Labute approximate surface area is 188 Å². The van der Waals surface area contributed by atoms with Crippen LogP contribution in [0.4, 0.5) is 5.69 Å². The second-order valence-electron chi connectivity index (χ2n) is 8.06. The number of rotatable bonds is 5. The third-order valence-electron chi connectivity index (χ3n) is 5.68. The van der Waals surface area contributed by atoms with Crippen LogP contribution in [0.5, 0.6) is 0 Å². The Balaban J connectivity index is 1.64. The Hall–Kier alpha value is -4.39. The molecule has 0 amide bonds. The maximum atomic E-state index is 13.0. The van der Waals surface area contributed by atoms with Gasteiger partial charge < -0.3 is 19.8 Å². The molecule has 3 heterocycles. The van der Waals surface area contributed by atoms with Crippen molar-refractivity contribution in [1.29, 1.82) is 0 Å². The lowest BCUT2D eigenvalue weighted by Crippen LogP contribution is -2.12. The number of nitrogens with one attached hydrogen (secondary N) is 2. The molecule has 5 aromatic rings. The first-order chi connectivity index (χ1) is 15.9. The van der Waals surface area contributed by atoms with Crippen LogP contribution >= 0.6 is 0 Å². The average Bonchev–Trinajstić information content (AvgIpc) is 3.27. The van der Waals surface area contributed by atoms with E-state index in [0.29, 0.717) is 28.0 Å². The minimum atomic E-state index is -1.01. The fraction of sp³-hybridized carbons (Fsp3) is 0.115. The van der Waals surface area contributed by atoms with Crippen LogP contribution in [0, 0.1) is 6.92 Å². The van der Waals surface area contributed by atoms with E-state index in [9.17, 15) is 14.7 Å². The Morgan fingerprint density at radius 2 is 1.97 bits per heavy atom. The highest BCUT2D eigenvalue weighted by atomic mass is 16.4. The zero-order valence-corrected chi connectivity index (χ0v) is 18.0. The second-order valence-corrected chi connectivity index (χ2v) is 8.06. The van der Waals surface area contributed by atoms with Crippen LogP contribution in [0.25, 0.3) is 33.3 Å². The summed E-state index contributed by atoms with van der Waals surface area (Å²) >= 11 is 0. The minimum absolute atomic E-state index is 0.152. The van der Waals surface area contributed by atoms with Gasteiger partial charge in [-0.25, -0.2) is 4.79 Å². The molecule has 1 atom stereocenters. The summed E-state index contributed by atoms with van der Waals surface area (Å²) < 4.78 is 6.27. The summed E-state index contributed by atoms with van der Waals surface area (Å²) in [5.41, 5.74) is 5.01. The first-order valence-corrected chi connectivity index (χ1v) is 10.5. The van der Waals surface area contributed by atoms with Crippen molar-refractivity contribution in [2.24, 2.45) is 0 Å². The Morgan fingerprint density at radius 3 is 2.79 bits per heavy atom. The van der Waals surface area contributed by atoms with Crippen LogP contribution < -0.4 is 10.7 Å². The number of carboxylic acid groups (broad SMARTS) is 1. The highest BCUT2D eigenvalue weighted by Gasteiger charge is 2.18. The molecule has 0 bridgehead atoms. The van der Waals surface area contributed by atoms with Crippen LogP contribution in [0.2, 0.25) is 0 Å². The van der Waals surface area contributed by atoms with Crippen LogP contribution in [0.3, 0.4) is 0 Å². The molecule has 0 radical (unpaired) electrons. The summed E-state index contributed by atoms with van der Waals surface area (Å²) in [4.78, 5) is 32.2. The van der Waals surface area contributed by atoms with Gasteiger partial charge in [0.2, 0.25) is 0 Å². The number of aromatic amines is 1. The molecular weight excluding hydrogens is 418 g/mol. The number of aromatic carboxylic acids is 1. The molecule has 0 aliphatic rings. The quantitative estimate of drug-likeness (QED) is 0.333. The van der Waals surface area contributed by atoms with Gasteiger partial charge in [0.05, 0.1) is 28.0 Å². The number of benzene rings is 2. The fourth-order valence-electron chi connectivity index (χ4n) is 4.07. The van der Waals surface area contributed by atoms with Crippen molar-refractivity contribution in [3.05, 3.63) is 93.9 Å². The molecule has 3 aromatic heterocycles. The number of aromatic nitrogens is 2. The van der Waals surface area contributed by atoms with Crippen molar-refractivity contribution in [2.75, 3.05) is 5.32 Å². The van der Waals surface area contributed by atoms with Gasteiger partial charge in [-0.3, -0.25) is 9.78 Å². The number of aryl methyl sites for hydroxylation is 1. The SMILES string of the molecule is Cc1cc(C(C)Nc2ccccc2C(=O)O)c2oc(-c3cnc4cc[nH]c4c3)cc(=O)c2c1. The number of fused-ring (bicyclic) bond motifs is 2. The van der Waals surface area contributed by atoms with Crippen molar-refractivity contribution in [3.8, 4) is 11.3 Å². The van der Waals surface area contributed by atoms with Crippen LogP contribution in [0.1, 0.15) is 34.5 Å². The van der Waals surface area contributed by atoms with Gasteiger partial charge in [0, 0.05) is 35.3 Å². The van der Waals surface area contributed by atoms with E-state index in [4.69, 9.17) is 4.42 Å². The van der Waals surface area contributed by atoms with Crippen molar-refractivity contribution < 1.29 is 14.3 Å². The summed E-state index contributed by atoms with van der Waals surface area (Å²) in [6.45, 7) is 3.82. The van der Waals surface area contributed by atoms with Gasteiger partial charge in [-0.15, -0.1) is 0 Å². The number of nitrogens with zero attached hydrogens (tertiary/aromatic N) is 1. The molecule has 33 heavy (non-hydrogen) atoms. The maximum Gasteiger partial charge on any atom is 0.337 e. The number of hydrogen-bond acceptors (Lipinski definition) is 5. The molecule has 0 saturated carbocycles. The number of anilines is 1. The number of pyridine rings is 1. The highest BCUT2D eigenvalue weighted by Crippen LogP contribution is 2.31. The molecule has 0 fully saturated rings. The lowest BCUT2D eigenvalue weighted by atomic mass is 10.00. The average molecular weight is 439 g/mol. The van der Waals surface area contributed by atoms with Crippen LogP contribution in [0.15, 0.2) is 76.2 Å². The van der Waals surface area contributed by atoms with Gasteiger partial charge in [0.25, 0.3) is 0 Å². The van der Waals surface area contributed by atoms with Crippen molar-refractivity contribution in [1.82, 2.24) is 9.97 Å². The zero-order chi connectivity index (χ0) is 23.1. The fourth-order valence-corrected chi connectivity index (χ4v) is 4.07. The predicted octanol–water partition coefficient (Wildman–Crippen LogP) is 5.52. The summed E-state index contributed by atoms with van der Waals surface area (Å²) in [5.74, 6) is -0.597. The van der Waals surface area contributed by atoms with Gasteiger partial charge in [0.1, 0.15) is 11.3 Å². The smallest absolute Gasteiger partial charge is 0.337 e. The van der Waals surface area contributed by atoms with E-state index in [1.807, 2.05) is 32.0 Å². The lowest BCUT2D eigenvalue weighted by Gasteiger charge is -2.19. The van der Waals surface area contributed by atoms with Gasteiger partial charge in [-0.1, -0.05) is 18.2 Å². The minimum Gasteiger partial charge on any atom is -0.478 e. The molecule has 0 saturated heterocycles. The first-order valence-electron chi connectivity index (χ1n) is 10.5. The third kappa shape index (κ3) is 3.74. The van der Waals surface area contributed by atoms with Crippen LogP contribution in [-0.2, 0) is 0 Å². The van der Waals surface area contributed by atoms with Gasteiger partial charge in [-0.2, -0.15) is 0 Å². The summed E-state index contributed by atoms with van der Waals surface area (Å²) in [6.07, 6.45) is 3.49. The zero-order valence-electron chi connectivity index (χ0n) is 18.0. The van der Waals surface area contributed by atoms with Crippen molar-refractivity contribution in [2.45, 2.75) is 19.9 Å². The molecule has 7 nitrogen and oxygen atoms in total. The molecule has 3 N–H and O–H groups in total. The van der Waals surface area contributed by atoms with Gasteiger partial charge in [-0.05, 0) is 49.7 Å². The van der Waals surface area contributed by atoms with Crippen molar-refractivity contribution >= 4 is 33.7 Å². The van der Waals surface area contributed by atoms with E-state index < -0.39 is 5.97 Å². The Morgan fingerprint density at radius 1 is 1.15 bits per heavy atom. The number of hydrogen-bond donors (Lipinski definition) is 3. The largest absolute Gasteiger partial charge is 0.478 e. The van der Waals surface area contributed by atoms with E-state index in [1.165, 1.54) is 6.07 Å². The monoisotopic (exact) mass is 439 g/mol. The van der Waals surface area contributed by atoms with Gasteiger partial charge >= 0.3 is 5.97 Å². The lowest BCUT2D eigenvalue weighted by molar-refractivity contribution is 0.0698. The molecule has 1 unspecified atom stereocenters. The molecule has 0 spiro atoms. The van der Waals surface area contributed by atoms with E-state index in [-0.39, 0.29) is 17.0 Å². The highest BCUT2D eigenvalue weighted by molar-refractivity contribution is 5.94. The van der Waals surface area contributed by atoms with Crippen molar-refractivity contribution in [3.63, 3.8) is 0 Å². The molecule has 7 heteroatoms. The molecule has 5 rings (SSSR count). The number of carboxylic acids is 1. The standard InChI is InChI=1S/C26H21N3O4/c1-14-9-18(15(2)29-20-6-4-3-5-17(20)26(31)32)25-19(10-14)23(30)12-24(33-25)16-11-22-21(28-13-16)7-8-27-22/h3-13,15,27,29H,1-2H3,(H,31,32). The van der Waals surface area contributed by atoms with E-state index in [1.54, 1.807) is 42.7 Å². The summed E-state index contributed by atoms with van der Waals surface area (Å²) in [7, 11) is 0. The Kier molecular flexibility index (Phi) is 4.94. The van der Waals surface area contributed by atoms with Gasteiger partial charge in [0.15, 0.2) is 5.43 Å². The number of para-hydroxylation sites is 1. The topological polar surface area (TPSA) is 108 Å². The summed E-state index contributed by atoms with van der Waals surface area (Å²) in [6, 6.07) is 15.4. The normalized spacial score (nSPS) is 12.2. The predicted molar refractivity (Wildman–Crippen MR) is 128 cm³/mol.